The Kier molecular flexibility index (Phi) is 5.53. The van der Waals surface area contributed by atoms with Crippen LogP contribution in [0.2, 0.25) is 0 Å². The Morgan fingerprint density at radius 1 is 1.53 bits per heavy atom. The monoisotopic (exact) mass is 330 g/mol. The highest BCUT2D eigenvalue weighted by atomic mass is 79.9. The minimum absolute atomic E-state index is 0.00224. The van der Waals surface area contributed by atoms with E-state index in [1.54, 1.807) is 18.9 Å². The van der Waals surface area contributed by atoms with Gasteiger partial charge < -0.3 is 10.2 Å². The molecule has 1 atom stereocenters. The smallest absolute Gasteiger partial charge is 0.282 e. The molecule has 0 aliphatic rings. The van der Waals surface area contributed by atoms with Gasteiger partial charge in [-0.2, -0.15) is 5.10 Å². The van der Waals surface area contributed by atoms with Crippen molar-refractivity contribution in [3.63, 3.8) is 0 Å². The van der Waals surface area contributed by atoms with Crippen LogP contribution in [0.3, 0.4) is 0 Å². The largest absolute Gasteiger partial charge is 0.372 e. The van der Waals surface area contributed by atoms with Gasteiger partial charge in [-0.15, -0.1) is 0 Å². The quantitative estimate of drug-likeness (QED) is 0.881. The highest BCUT2D eigenvalue weighted by molar-refractivity contribution is 9.10. The number of hydrogen-bond acceptors (Lipinski definition) is 4. The number of halogens is 1. The van der Waals surface area contributed by atoms with Crippen LogP contribution < -0.4 is 10.9 Å². The van der Waals surface area contributed by atoms with Crippen molar-refractivity contribution in [3.8, 4) is 0 Å². The average Bonchev–Trinajstić information content (AvgIpc) is 2.40. The van der Waals surface area contributed by atoms with E-state index in [-0.39, 0.29) is 11.5 Å². The molecule has 1 heterocycles. The molecule has 0 saturated heterocycles. The predicted octanol–water partition coefficient (Wildman–Crippen LogP) is 1.21. The van der Waals surface area contributed by atoms with Crippen molar-refractivity contribution in [3.05, 3.63) is 21.0 Å². The maximum absolute atomic E-state index is 12.1. The van der Waals surface area contributed by atoms with Crippen molar-refractivity contribution in [1.82, 2.24) is 14.7 Å². The van der Waals surface area contributed by atoms with Gasteiger partial charge in [0.05, 0.1) is 11.9 Å². The summed E-state index contributed by atoms with van der Waals surface area (Å²) < 4.78 is 1.61. The van der Waals surface area contributed by atoms with Crippen LogP contribution in [0.1, 0.15) is 20.8 Å². The van der Waals surface area contributed by atoms with E-state index in [9.17, 15) is 9.59 Å². The molecule has 0 aliphatic heterocycles. The van der Waals surface area contributed by atoms with Gasteiger partial charge in [-0.25, -0.2) is 4.68 Å². The second-order valence-corrected chi connectivity index (χ2v) is 4.97. The standard InChI is InChI=1S/C12H19BrN4O2/c1-5-17(6-2)11(18)8(3)15-9-7-14-16(4)12(19)10(9)13/h7-8,15H,5-6H2,1-4H3. The van der Waals surface area contributed by atoms with Crippen LogP contribution in [0.4, 0.5) is 5.69 Å². The van der Waals surface area contributed by atoms with Crippen molar-refractivity contribution < 1.29 is 4.79 Å². The number of nitrogens with zero attached hydrogens (tertiary/aromatic N) is 3. The number of amides is 1. The Morgan fingerprint density at radius 2 is 2.11 bits per heavy atom. The first-order valence-corrected chi connectivity index (χ1v) is 6.98. The van der Waals surface area contributed by atoms with Crippen LogP contribution in [0.15, 0.2) is 15.5 Å². The molecule has 0 spiro atoms. The fourth-order valence-electron chi connectivity index (χ4n) is 1.72. The zero-order valence-corrected chi connectivity index (χ0v) is 13.2. The molecule has 1 N–H and O–H groups in total. The van der Waals surface area contributed by atoms with Crippen molar-refractivity contribution in [2.24, 2.45) is 7.05 Å². The van der Waals surface area contributed by atoms with Gasteiger partial charge in [-0.1, -0.05) is 0 Å². The van der Waals surface area contributed by atoms with Crippen molar-refractivity contribution in [1.29, 1.82) is 0 Å². The fraction of sp³-hybridized carbons (Fsp3) is 0.583. The van der Waals surface area contributed by atoms with Crippen LogP contribution in [0.5, 0.6) is 0 Å². The Morgan fingerprint density at radius 3 is 2.63 bits per heavy atom. The second-order valence-electron chi connectivity index (χ2n) is 4.18. The third-order valence-electron chi connectivity index (χ3n) is 2.90. The van der Waals surface area contributed by atoms with Gasteiger partial charge in [0, 0.05) is 20.1 Å². The number of anilines is 1. The molecule has 0 fully saturated rings. The number of nitrogens with one attached hydrogen (secondary N) is 1. The molecule has 0 saturated carbocycles. The molecule has 0 aromatic carbocycles. The molecular formula is C12H19BrN4O2. The Hall–Kier alpha value is -1.37. The number of aromatic nitrogens is 2. The number of carbonyl (C=O) groups is 1. The predicted molar refractivity (Wildman–Crippen MR) is 78.2 cm³/mol. The fourth-order valence-corrected chi connectivity index (χ4v) is 2.19. The molecule has 0 aliphatic carbocycles. The topological polar surface area (TPSA) is 67.2 Å². The number of hydrogen-bond donors (Lipinski definition) is 1. The van der Waals surface area contributed by atoms with Crippen LogP contribution in [0.25, 0.3) is 0 Å². The van der Waals surface area contributed by atoms with E-state index in [0.717, 1.165) is 0 Å². The molecule has 7 heteroatoms. The zero-order valence-electron chi connectivity index (χ0n) is 11.6. The molecular weight excluding hydrogens is 312 g/mol. The third-order valence-corrected chi connectivity index (χ3v) is 3.66. The minimum atomic E-state index is -0.412. The molecule has 1 unspecified atom stereocenters. The van der Waals surface area contributed by atoms with Crippen LogP contribution in [0, 0.1) is 0 Å². The lowest BCUT2D eigenvalue weighted by molar-refractivity contribution is -0.131. The van der Waals surface area contributed by atoms with E-state index in [0.29, 0.717) is 23.2 Å². The lowest BCUT2D eigenvalue weighted by atomic mass is 10.2. The Bertz CT molecular complexity index is 511. The SMILES string of the molecule is CCN(CC)C(=O)C(C)Nc1cnn(C)c(=O)c1Br. The minimum Gasteiger partial charge on any atom is -0.372 e. The van der Waals surface area contributed by atoms with E-state index in [1.165, 1.54) is 10.9 Å². The summed E-state index contributed by atoms with van der Waals surface area (Å²) in [6.45, 7) is 6.97. The van der Waals surface area contributed by atoms with E-state index in [2.05, 4.69) is 26.3 Å². The molecule has 1 aromatic rings. The number of carbonyl (C=O) groups excluding carboxylic acids is 1. The summed E-state index contributed by atoms with van der Waals surface area (Å²) in [5, 5.41) is 6.94. The Labute approximate surface area is 120 Å². The maximum Gasteiger partial charge on any atom is 0.282 e. The molecule has 106 valence electrons. The first kappa shape index (κ1) is 15.7. The van der Waals surface area contributed by atoms with E-state index in [1.807, 2.05) is 13.8 Å². The first-order chi connectivity index (χ1) is 8.92. The lowest BCUT2D eigenvalue weighted by Crippen LogP contribution is -2.41. The summed E-state index contributed by atoms with van der Waals surface area (Å²) in [6, 6.07) is -0.412. The summed E-state index contributed by atoms with van der Waals surface area (Å²) in [7, 11) is 1.57. The summed E-state index contributed by atoms with van der Waals surface area (Å²) in [6.07, 6.45) is 1.53. The van der Waals surface area contributed by atoms with Gasteiger partial charge in [0.1, 0.15) is 10.5 Å². The van der Waals surface area contributed by atoms with Gasteiger partial charge in [0.2, 0.25) is 5.91 Å². The van der Waals surface area contributed by atoms with Gasteiger partial charge in [-0.3, -0.25) is 9.59 Å². The zero-order chi connectivity index (χ0) is 14.6. The van der Waals surface area contributed by atoms with Crippen molar-refractivity contribution in [2.45, 2.75) is 26.8 Å². The van der Waals surface area contributed by atoms with Gasteiger partial charge >= 0.3 is 0 Å². The van der Waals surface area contributed by atoms with E-state index < -0.39 is 6.04 Å². The molecule has 6 nitrogen and oxygen atoms in total. The maximum atomic E-state index is 12.1. The molecule has 1 amide bonds. The highest BCUT2D eigenvalue weighted by Gasteiger charge is 2.19. The molecule has 0 radical (unpaired) electrons. The van der Waals surface area contributed by atoms with Gasteiger partial charge in [0.15, 0.2) is 0 Å². The van der Waals surface area contributed by atoms with Crippen LogP contribution >= 0.6 is 15.9 Å². The number of aryl methyl sites for hydroxylation is 1. The van der Waals surface area contributed by atoms with Crippen molar-refractivity contribution >= 4 is 27.5 Å². The lowest BCUT2D eigenvalue weighted by Gasteiger charge is -2.24. The number of likely N-dealkylation sites (N-methyl/N-ethyl adjacent to an activating group) is 1. The summed E-state index contributed by atoms with van der Waals surface area (Å²) in [5.74, 6) is -0.00224. The summed E-state index contributed by atoms with van der Waals surface area (Å²) >= 11 is 3.22. The molecule has 19 heavy (non-hydrogen) atoms. The average molecular weight is 331 g/mol. The number of rotatable bonds is 5. The van der Waals surface area contributed by atoms with Crippen LogP contribution in [-0.4, -0.2) is 39.7 Å². The molecule has 0 bridgehead atoms. The Balaban J connectivity index is 2.89. The molecule has 1 aromatic heterocycles. The highest BCUT2D eigenvalue weighted by Crippen LogP contribution is 2.17. The summed E-state index contributed by atoms with van der Waals surface area (Å²) in [4.78, 5) is 25.6. The van der Waals surface area contributed by atoms with E-state index >= 15 is 0 Å². The first-order valence-electron chi connectivity index (χ1n) is 6.19. The molecule has 1 rings (SSSR count). The summed E-state index contributed by atoms with van der Waals surface area (Å²) in [5.41, 5.74) is 0.281. The third kappa shape index (κ3) is 3.56. The van der Waals surface area contributed by atoms with Crippen molar-refractivity contribution in [2.75, 3.05) is 18.4 Å². The van der Waals surface area contributed by atoms with E-state index in [4.69, 9.17) is 0 Å². The van der Waals surface area contributed by atoms with Crippen LogP contribution in [-0.2, 0) is 11.8 Å². The van der Waals surface area contributed by atoms with Gasteiger partial charge in [-0.05, 0) is 36.7 Å². The van der Waals surface area contributed by atoms with Gasteiger partial charge in [0.25, 0.3) is 5.56 Å². The second kappa shape index (κ2) is 6.70. The normalized spacial score (nSPS) is 12.1.